The van der Waals surface area contributed by atoms with E-state index < -0.39 is 0 Å². The molecule has 0 bridgehead atoms. The molecule has 0 spiro atoms. The van der Waals surface area contributed by atoms with Crippen molar-refractivity contribution < 1.29 is 5.11 Å². The number of fused-ring (bicyclic) bond motifs is 1. The number of pyridine rings is 1. The van der Waals surface area contributed by atoms with E-state index in [4.69, 9.17) is 0 Å². The van der Waals surface area contributed by atoms with E-state index in [2.05, 4.69) is 52.3 Å². The molecule has 0 amide bonds. The smallest absolute Gasteiger partial charge is 0.120 e. The maximum absolute atomic E-state index is 10.2. The normalized spacial score (nSPS) is 11.1. The number of phenols is 1. The van der Waals surface area contributed by atoms with Gasteiger partial charge in [0.1, 0.15) is 5.75 Å². The number of aromatic hydroxyl groups is 1. The number of hydrogen-bond donors (Lipinski definition) is 1. The number of hydrogen-bond acceptors (Lipinski definition) is 3. The van der Waals surface area contributed by atoms with E-state index >= 15 is 0 Å². The van der Waals surface area contributed by atoms with Gasteiger partial charge in [0.2, 0.25) is 0 Å². The third kappa shape index (κ3) is 4.15. The second-order valence-corrected chi connectivity index (χ2v) is 6.73. The van der Waals surface area contributed by atoms with E-state index in [9.17, 15) is 5.11 Å². The van der Waals surface area contributed by atoms with Crippen LogP contribution in [0.2, 0.25) is 0 Å². The minimum absolute atomic E-state index is 0.335. The molecule has 4 aromatic rings. The molecular formula is C24H22N2O. The monoisotopic (exact) mass is 354 g/mol. The molecule has 1 heterocycles. The van der Waals surface area contributed by atoms with Crippen LogP contribution in [-0.4, -0.2) is 15.0 Å². The number of benzene rings is 3. The zero-order valence-electron chi connectivity index (χ0n) is 15.1. The predicted molar refractivity (Wildman–Crippen MR) is 109 cm³/mol. The van der Waals surface area contributed by atoms with Gasteiger partial charge in [0.15, 0.2) is 0 Å². The highest BCUT2D eigenvalue weighted by molar-refractivity contribution is 5.85. The maximum Gasteiger partial charge on any atom is 0.120 e. The highest BCUT2D eigenvalue weighted by Crippen LogP contribution is 2.24. The molecule has 0 aliphatic carbocycles. The van der Waals surface area contributed by atoms with Gasteiger partial charge in [0, 0.05) is 31.4 Å². The molecule has 1 N–H and O–H groups in total. The molecule has 3 heteroatoms. The number of nitrogens with zero attached hydrogens (tertiary/aromatic N) is 2. The molecule has 0 aliphatic rings. The third-order valence-corrected chi connectivity index (χ3v) is 4.77. The minimum atomic E-state index is 0.335. The first-order valence-corrected chi connectivity index (χ1v) is 9.15. The van der Waals surface area contributed by atoms with Crippen LogP contribution in [0.25, 0.3) is 10.8 Å². The minimum Gasteiger partial charge on any atom is -0.508 e. The first-order valence-electron chi connectivity index (χ1n) is 9.15. The Morgan fingerprint density at radius 1 is 0.667 bits per heavy atom. The van der Waals surface area contributed by atoms with Crippen LogP contribution < -0.4 is 0 Å². The molecule has 0 fully saturated rings. The Morgan fingerprint density at radius 2 is 1.37 bits per heavy atom. The Morgan fingerprint density at radius 3 is 2.22 bits per heavy atom. The quantitative estimate of drug-likeness (QED) is 0.521. The number of phenolic OH excluding ortho intramolecular Hbond substituents is 1. The third-order valence-electron chi connectivity index (χ3n) is 4.77. The van der Waals surface area contributed by atoms with Crippen molar-refractivity contribution in [3.8, 4) is 5.75 Å². The van der Waals surface area contributed by atoms with Crippen LogP contribution in [0.1, 0.15) is 16.8 Å². The first kappa shape index (κ1) is 17.3. The van der Waals surface area contributed by atoms with Crippen LogP contribution in [0, 0.1) is 0 Å². The summed E-state index contributed by atoms with van der Waals surface area (Å²) >= 11 is 0. The van der Waals surface area contributed by atoms with Crippen molar-refractivity contribution in [1.29, 1.82) is 0 Å². The van der Waals surface area contributed by atoms with Crippen LogP contribution in [0.4, 0.5) is 0 Å². The van der Waals surface area contributed by atoms with E-state index in [0.29, 0.717) is 12.3 Å². The van der Waals surface area contributed by atoms with Crippen LogP contribution in [0.15, 0.2) is 91.1 Å². The molecule has 134 valence electrons. The largest absolute Gasteiger partial charge is 0.508 e. The molecule has 0 saturated carbocycles. The number of rotatable bonds is 6. The van der Waals surface area contributed by atoms with Gasteiger partial charge in [0.25, 0.3) is 0 Å². The van der Waals surface area contributed by atoms with Gasteiger partial charge in [-0.25, -0.2) is 0 Å². The van der Waals surface area contributed by atoms with E-state index in [1.807, 2.05) is 42.6 Å². The molecule has 4 rings (SSSR count). The first-order chi connectivity index (χ1) is 13.3. The van der Waals surface area contributed by atoms with E-state index in [-0.39, 0.29) is 0 Å². The van der Waals surface area contributed by atoms with Gasteiger partial charge in [-0.1, -0.05) is 66.7 Å². The van der Waals surface area contributed by atoms with Gasteiger partial charge < -0.3 is 5.11 Å². The molecule has 0 atom stereocenters. The van der Waals surface area contributed by atoms with Crippen molar-refractivity contribution in [3.63, 3.8) is 0 Å². The van der Waals surface area contributed by atoms with E-state index in [1.165, 1.54) is 16.3 Å². The summed E-state index contributed by atoms with van der Waals surface area (Å²) in [5, 5.41) is 12.7. The Balaban J connectivity index is 1.65. The zero-order valence-corrected chi connectivity index (χ0v) is 15.1. The fraction of sp³-hybridized carbons (Fsp3) is 0.125. The summed E-state index contributed by atoms with van der Waals surface area (Å²) in [6.45, 7) is 2.16. The van der Waals surface area contributed by atoms with Crippen molar-refractivity contribution in [2.24, 2.45) is 0 Å². The number of aromatic nitrogens is 1. The van der Waals surface area contributed by atoms with Gasteiger partial charge >= 0.3 is 0 Å². The molecule has 0 radical (unpaired) electrons. The molecule has 0 saturated heterocycles. The zero-order chi connectivity index (χ0) is 18.5. The summed E-state index contributed by atoms with van der Waals surface area (Å²) in [5.74, 6) is 0.335. The van der Waals surface area contributed by atoms with Crippen molar-refractivity contribution >= 4 is 10.8 Å². The topological polar surface area (TPSA) is 36.4 Å². The van der Waals surface area contributed by atoms with Gasteiger partial charge in [-0.2, -0.15) is 0 Å². The van der Waals surface area contributed by atoms with E-state index in [0.717, 1.165) is 24.3 Å². The van der Waals surface area contributed by atoms with Gasteiger partial charge in [0.05, 0.1) is 5.69 Å². The Kier molecular flexibility index (Phi) is 5.13. The Bertz CT molecular complexity index is 1030. The second-order valence-electron chi connectivity index (χ2n) is 6.73. The molecule has 0 aliphatic heterocycles. The van der Waals surface area contributed by atoms with Crippen molar-refractivity contribution in [2.75, 3.05) is 0 Å². The molecule has 3 aromatic carbocycles. The van der Waals surface area contributed by atoms with Crippen molar-refractivity contribution in [1.82, 2.24) is 9.88 Å². The molecule has 0 unspecified atom stereocenters. The lowest BCUT2D eigenvalue weighted by Crippen LogP contribution is -2.23. The highest BCUT2D eigenvalue weighted by atomic mass is 16.3. The predicted octanol–water partition coefficient (Wildman–Crippen LogP) is 5.14. The molecule has 1 aromatic heterocycles. The summed E-state index contributed by atoms with van der Waals surface area (Å²) in [6.07, 6.45) is 1.82. The lowest BCUT2D eigenvalue weighted by molar-refractivity contribution is 0.242. The van der Waals surface area contributed by atoms with Crippen LogP contribution in [0.5, 0.6) is 5.75 Å². The molecule has 27 heavy (non-hydrogen) atoms. The summed E-state index contributed by atoms with van der Waals surface area (Å²) < 4.78 is 0. The summed E-state index contributed by atoms with van der Waals surface area (Å²) in [4.78, 5) is 6.80. The average Bonchev–Trinajstić information content (AvgIpc) is 2.71. The lowest BCUT2D eigenvalue weighted by atomic mass is 10.0. The standard InChI is InChI=1S/C24H22N2O/c27-24-14-4-2-9-21(24)17-26(18-22-12-5-6-15-25-22)16-20-11-7-10-19-8-1-3-13-23(19)20/h1-15,27H,16-18H2. The fourth-order valence-electron chi connectivity index (χ4n) is 3.45. The van der Waals surface area contributed by atoms with Gasteiger partial charge in [-0.3, -0.25) is 9.88 Å². The van der Waals surface area contributed by atoms with Crippen molar-refractivity contribution in [3.05, 3.63) is 108 Å². The van der Waals surface area contributed by atoms with Crippen LogP contribution >= 0.6 is 0 Å². The van der Waals surface area contributed by atoms with Gasteiger partial charge in [-0.05, 0) is 34.5 Å². The SMILES string of the molecule is Oc1ccccc1CN(Cc1ccccn1)Cc1cccc2ccccc12. The van der Waals surface area contributed by atoms with Crippen LogP contribution in [0.3, 0.4) is 0 Å². The Labute approximate surface area is 159 Å². The van der Waals surface area contributed by atoms with Crippen LogP contribution in [-0.2, 0) is 19.6 Å². The summed E-state index contributed by atoms with van der Waals surface area (Å²) in [6, 6.07) is 28.4. The van der Waals surface area contributed by atoms with E-state index in [1.54, 1.807) is 6.07 Å². The highest BCUT2D eigenvalue weighted by Gasteiger charge is 2.12. The number of para-hydroxylation sites is 1. The van der Waals surface area contributed by atoms with Crippen molar-refractivity contribution in [2.45, 2.75) is 19.6 Å². The lowest BCUT2D eigenvalue weighted by Gasteiger charge is -2.23. The summed E-state index contributed by atoms with van der Waals surface area (Å²) in [5.41, 5.74) is 3.22. The second kappa shape index (κ2) is 8.02. The Hall–Kier alpha value is -3.17. The average molecular weight is 354 g/mol. The molecule has 3 nitrogen and oxygen atoms in total. The maximum atomic E-state index is 10.2. The summed E-state index contributed by atoms with van der Waals surface area (Å²) in [7, 11) is 0. The molecular weight excluding hydrogens is 332 g/mol. The van der Waals surface area contributed by atoms with Gasteiger partial charge in [-0.15, -0.1) is 0 Å². The fourth-order valence-corrected chi connectivity index (χ4v) is 3.45.